The molecule has 0 heterocycles. The molecule has 1 aromatic carbocycles. The van der Waals surface area contributed by atoms with Crippen LogP contribution in [0.1, 0.15) is 86.0 Å². The van der Waals surface area contributed by atoms with Gasteiger partial charge in [-0.1, -0.05) is 98.7 Å². The Hall–Kier alpha value is -2.89. The summed E-state index contributed by atoms with van der Waals surface area (Å²) in [6, 6.07) is 8.54. The molecule has 0 saturated heterocycles. The number of rotatable bonds is 10. The van der Waals surface area contributed by atoms with Crippen LogP contribution in [0.5, 0.6) is 0 Å². The maximum Gasteiger partial charge on any atom is 0.338 e. The minimum atomic E-state index is -0.898. The lowest BCUT2D eigenvalue weighted by Gasteiger charge is -2.28. The van der Waals surface area contributed by atoms with Gasteiger partial charge in [0.1, 0.15) is 19.8 Å². The summed E-state index contributed by atoms with van der Waals surface area (Å²) >= 11 is 0. The first-order chi connectivity index (χ1) is 16.6. The van der Waals surface area contributed by atoms with Gasteiger partial charge >= 0.3 is 17.9 Å². The van der Waals surface area contributed by atoms with Crippen molar-refractivity contribution in [2.75, 3.05) is 19.8 Å². The number of benzene rings is 1. The average molecular weight is 493 g/mol. The van der Waals surface area contributed by atoms with Crippen LogP contribution < -0.4 is 0 Å². The van der Waals surface area contributed by atoms with E-state index in [2.05, 4.69) is 20.4 Å². The quantitative estimate of drug-likeness (QED) is 0.149. The van der Waals surface area contributed by atoms with Crippen LogP contribution >= 0.6 is 0 Å². The molecule has 0 aliphatic heterocycles. The van der Waals surface area contributed by atoms with Crippen molar-refractivity contribution in [1.29, 1.82) is 0 Å². The summed E-state index contributed by atoms with van der Waals surface area (Å²) in [5.74, 6) is -1.73. The van der Waals surface area contributed by atoms with Crippen LogP contribution in [0.15, 0.2) is 54.6 Å². The summed E-state index contributed by atoms with van der Waals surface area (Å²) in [7, 11) is 0. The highest BCUT2D eigenvalue weighted by atomic mass is 16.6. The second-order valence-corrected chi connectivity index (χ2v) is 7.75. The molecule has 0 spiro atoms. The number of hydrogen-bond acceptors (Lipinski definition) is 6. The number of carbonyl (C=O) groups excluding carboxylic acids is 3. The summed E-state index contributed by atoms with van der Waals surface area (Å²) in [5.41, 5.74) is -0.170. The van der Waals surface area contributed by atoms with Gasteiger partial charge in [-0.15, -0.1) is 0 Å². The van der Waals surface area contributed by atoms with Crippen LogP contribution in [0.4, 0.5) is 0 Å². The molecule has 1 unspecified atom stereocenters. The highest BCUT2D eigenvalue weighted by Crippen LogP contribution is 2.21. The number of esters is 3. The van der Waals surface area contributed by atoms with E-state index in [9.17, 15) is 14.4 Å². The molecule has 6 heteroatoms. The molecule has 0 amide bonds. The van der Waals surface area contributed by atoms with Gasteiger partial charge in [0.25, 0.3) is 0 Å². The summed E-state index contributed by atoms with van der Waals surface area (Å²) in [5, 5.41) is 0. The van der Waals surface area contributed by atoms with Crippen molar-refractivity contribution in [3.8, 4) is 0 Å². The first kappa shape index (κ1) is 36.7. The molecule has 35 heavy (non-hydrogen) atoms. The van der Waals surface area contributed by atoms with Crippen molar-refractivity contribution in [3.63, 3.8) is 0 Å². The van der Waals surface area contributed by atoms with Crippen LogP contribution in [0.3, 0.4) is 0 Å². The molecular formula is C29H48O6. The monoisotopic (exact) mass is 492 g/mol. The second-order valence-electron chi connectivity index (χ2n) is 7.75. The van der Waals surface area contributed by atoms with E-state index in [0.29, 0.717) is 11.1 Å². The molecule has 200 valence electrons. The lowest BCUT2D eigenvalue weighted by Crippen LogP contribution is -2.37. The first-order valence-electron chi connectivity index (χ1n) is 12.5. The summed E-state index contributed by atoms with van der Waals surface area (Å²) in [4.78, 5) is 36.1. The highest BCUT2D eigenvalue weighted by molar-refractivity contribution is 5.91. The fourth-order valence-electron chi connectivity index (χ4n) is 2.08. The lowest BCUT2D eigenvalue weighted by molar-refractivity contribution is -0.155. The van der Waals surface area contributed by atoms with E-state index < -0.39 is 17.4 Å². The fraction of sp³-hybridized carbons (Fsp3) is 0.552. The smallest absolute Gasteiger partial charge is 0.338 e. The minimum Gasteiger partial charge on any atom is -0.465 e. The molecule has 0 fully saturated rings. The van der Waals surface area contributed by atoms with Crippen molar-refractivity contribution in [2.45, 2.75) is 75.7 Å². The van der Waals surface area contributed by atoms with Gasteiger partial charge in [-0.3, -0.25) is 4.79 Å². The molecule has 0 aliphatic carbocycles. The molecule has 1 atom stereocenters. The molecule has 0 radical (unpaired) electrons. The maximum absolute atomic E-state index is 12.2. The molecule has 0 aromatic heterocycles. The van der Waals surface area contributed by atoms with Gasteiger partial charge in [-0.2, -0.15) is 0 Å². The topological polar surface area (TPSA) is 78.9 Å². The van der Waals surface area contributed by atoms with Crippen molar-refractivity contribution < 1.29 is 28.6 Å². The normalized spacial score (nSPS) is 11.6. The van der Waals surface area contributed by atoms with Crippen molar-refractivity contribution in [2.24, 2.45) is 11.3 Å². The Morgan fingerprint density at radius 3 is 1.80 bits per heavy atom. The van der Waals surface area contributed by atoms with E-state index in [1.165, 1.54) is 12.5 Å². The zero-order valence-corrected chi connectivity index (χ0v) is 23.6. The molecule has 0 bridgehead atoms. The minimum absolute atomic E-state index is 0.0569. The number of carbonyl (C=O) groups is 3. The van der Waals surface area contributed by atoms with E-state index >= 15 is 0 Å². The summed E-state index contributed by atoms with van der Waals surface area (Å²) in [6.45, 7) is 22.4. The standard InChI is InChI=1S/C22H28O6.C3H8.2C2H6/c1-6-17(7-2)20(24)27-14-22(5,13-26-19(23)16(3)4)15-28-21(25)18-11-9-8-10-12-18;1-3-2;2*1-2/h6-12,16H,1,13-15H2,2-5H3;3H2,1-2H3;2*1-2H3/b17-7+;;;. The van der Waals surface area contributed by atoms with Gasteiger partial charge in [-0.25, -0.2) is 9.59 Å². The van der Waals surface area contributed by atoms with Crippen LogP contribution in [-0.2, 0) is 23.8 Å². The zero-order chi connectivity index (χ0) is 27.9. The summed E-state index contributed by atoms with van der Waals surface area (Å²) < 4.78 is 16.0. The van der Waals surface area contributed by atoms with Crippen molar-refractivity contribution in [1.82, 2.24) is 0 Å². The molecule has 0 aliphatic rings. The molecule has 0 saturated carbocycles. The van der Waals surface area contributed by atoms with Gasteiger partial charge in [-0.05, 0) is 26.0 Å². The molecule has 1 aromatic rings. The van der Waals surface area contributed by atoms with Gasteiger partial charge < -0.3 is 14.2 Å². The average Bonchev–Trinajstić information content (AvgIpc) is 2.88. The second kappa shape index (κ2) is 22.9. The Labute approximate surface area is 213 Å². The molecule has 6 nitrogen and oxygen atoms in total. The number of ether oxygens (including phenoxy) is 3. The third kappa shape index (κ3) is 17.2. The van der Waals surface area contributed by atoms with Gasteiger partial charge in [0, 0.05) is 0 Å². The van der Waals surface area contributed by atoms with Crippen LogP contribution in [0, 0.1) is 11.3 Å². The van der Waals surface area contributed by atoms with Crippen molar-refractivity contribution >= 4 is 17.9 Å². The number of allylic oxidation sites excluding steroid dienone is 1. The van der Waals surface area contributed by atoms with Crippen LogP contribution in [0.25, 0.3) is 0 Å². The Kier molecular flexibility index (Phi) is 24.0. The lowest BCUT2D eigenvalue weighted by atomic mass is 9.94. The third-order valence-electron chi connectivity index (χ3n) is 3.91. The van der Waals surface area contributed by atoms with E-state index in [4.69, 9.17) is 14.2 Å². The Morgan fingerprint density at radius 2 is 1.37 bits per heavy atom. The highest BCUT2D eigenvalue weighted by Gasteiger charge is 2.31. The summed E-state index contributed by atoms with van der Waals surface area (Å²) in [6.07, 6.45) is 4.23. The molecule has 1 rings (SSSR count). The van der Waals surface area contributed by atoms with E-state index in [0.717, 1.165) is 0 Å². The van der Waals surface area contributed by atoms with Crippen LogP contribution in [-0.4, -0.2) is 37.7 Å². The van der Waals surface area contributed by atoms with Gasteiger partial charge in [0.05, 0.1) is 22.5 Å². The first-order valence-corrected chi connectivity index (χ1v) is 12.5. The molecule has 0 N–H and O–H groups in total. The molecular weight excluding hydrogens is 444 g/mol. The predicted octanol–water partition coefficient (Wildman–Crippen LogP) is 7.19. The fourth-order valence-corrected chi connectivity index (χ4v) is 2.08. The Bertz CT molecular complexity index is 737. The Morgan fingerprint density at radius 1 is 0.914 bits per heavy atom. The van der Waals surface area contributed by atoms with E-state index in [-0.39, 0.29) is 31.7 Å². The van der Waals surface area contributed by atoms with Gasteiger partial charge in [0.15, 0.2) is 0 Å². The number of hydrogen-bond donors (Lipinski definition) is 0. The predicted molar refractivity (Wildman–Crippen MR) is 144 cm³/mol. The van der Waals surface area contributed by atoms with Crippen LogP contribution in [0.2, 0.25) is 0 Å². The third-order valence-corrected chi connectivity index (χ3v) is 3.91. The zero-order valence-electron chi connectivity index (χ0n) is 23.6. The van der Waals surface area contributed by atoms with E-state index in [1.807, 2.05) is 27.7 Å². The van der Waals surface area contributed by atoms with Crippen molar-refractivity contribution in [3.05, 3.63) is 60.2 Å². The Balaban J connectivity index is -0.00000132. The van der Waals surface area contributed by atoms with E-state index in [1.54, 1.807) is 64.1 Å². The van der Waals surface area contributed by atoms with Gasteiger partial charge in [0.2, 0.25) is 0 Å². The SMILES string of the molecule is C=C/C(=C\C)C(=O)OCC(C)(COC(=O)c1ccccc1)COC(=O)C(C)C.CC.CC.CCC. The largest absolute Gasteiger partial charge is 0.465 e. The maximum atomic E-state index is 12.2.